The minimum Gasteiger partial charge on any atom is -0.338 e. The number of hydrogen-bond acceptors (Lipinski definition) is 4. The summed E-state index contributed by atoms with van der Waals surface area (Å²) in [5.41, 5.74) is 8.84. The summed E-state index contributed by atoms with van der Waals surface area (Å²) in [6.07, 6.45) is 11.3. The first-order valence-electron chi connectivity index (χ1n) is 17.1. The molecule has 0 fully saturated rings. The minimum atomic E-state index is 0.975. The lowest BCUT2D eigenvalue weighted by Gasteiger charge is -2.28. The topological polar surface area (TPSA) is 10.4 Å². The Morgan fingerprint density at radius 3 is 2.04 bits per heavy atom. The zero-order valence-electron chi connectivity index (χ0n) is 28.1. The van der Waals surface area contributed by atoms with Gasteiger partial charge in [0.15, 0.2) is 0 Å². The first kappa shape index (κ1) is 30.7. The van der Waals surface area contributed by atoms with E-state index in [9.17, 15) is 0 Å². The molecule has 0 saturated heterocycles. The summed E-state index contributed by atoms with van der Waals surface area (Å²) in [5.74, 6) is 0. The summed E-state index contributed by atoms with van der Waals surface area (Å²) in [6.45, 7) is 0. The number of thioether (sulfide) groups is 1. The van der Waals surface area contributed by atoms with Crippen molar-refractivity contribution >= 4 is 78.0 Å². The molecule has 3 nitrogen and oxygen atoms in total. The van der Waals surface area contributed by atoms with E-state index in [-0.39, 0.29) is 0 Å². The monoisotopic (exact) mass is 682 g/mol. The Balaban J connectivity index is 1.17. The molecule has 2 aliphatic rings. The zero-order valence-corrected chi connectivity index (χ0v) is 29.7. The first-order chi connectivity index (χ1) is 24.6. The van der Waals surface area contributed by atoms with E-state index < -0.39 is 0 Å². The lowest BCUT2D eigenvalue weighted by Crippen LogP contribution is -2.29. The van der Waals surface area contributed by atoms with Crippen LogP contribution in [0.5, 0.6) is 0 Å². The molecule has 7 aromatic rings. The van der Waals surface area contributed by atoms with Crippen LogP contribution in [0.15, 0.2) is 178 Å². The van der Waals surface area contributed by atoms with Gasteiger partial charge in [0.2, 0.25) is 5.52 Å². The number of nitrogens with zero attached hydrogens (tertiary/aromatic N) is 3. The van der Waals surface area contributed by atoms with E-state index in [1.54, 1.807) is 0 Å². The molecule has 1 aliphatic carbocycles. The zero-order chi connectivity index (χ0) is 33.6. The van der Waals surface area contributed by atoms with Crippen molar-refractivity contribution in [2.45, 2.75) is 17.7 Å². The third kappa shape index (κ3) is 5.34. The quantitative estimate of drug-likeness (QED) is 0.162. The highest BCUT2D eigenvalue weighted by atomic mass is 32.2. The predicted octanol–water partition coefficient (Wildman–Crippen LogP) is 11.9. The van der Waals surface area contributed by atoms with E-state index in [4.69, 9.17) is 0 Å². The Morgan fingerprint density at radius 2 is 1.30 bits per heavy atom. The maximum atomic E-state index is 2.45. The standard InChI is InChI=1S/C45H36N3S2/c1-46-41(49-39-27-23-31-13-9-11-19-37(31)44(39)46)29-25-33-21-22-34(43(33)48(35-15-5-3-6-16-35)36-17-7-4-8-18-36)26-30-42-47(2)45-38-20-12-10-14-32(38)24-28-40(45)50-42/h3-20,23-30H,21-22H2,1-2H3/q+1. The number of allylic oxidation sites excluding steroid dienone is 5. The minimum absolute atomic E-state index is 0.975. The van der Waals surface area contributed by atoms with E-state index >= 15 is 0 Å². The first-order valence-corrected chi connectivity index (χ1v) is 18.7. The summed E-state index contributed by atoms with van der Waals surface area (Å²) in [6, 6.07) is 48.0. The number of aryl methyl sites for hydroxylation is 1. The van der Waals surface area contributed by atoms with Gasteiger partial charge in [-0.3, -0.25) is 0 Å². The van der Waals surface area contributed by atoms with Gasteiger partial charge in [0, 0.05) is 34.8 Å². The molecule has 5 heteroatoms. The van der Waals surface area contributed by atoms with E-state index in [0.29, 0.717) is 0 Å². The molecule has 0 unspecified atom stereocenters. The van der Waals surface area contributed by atoms with Crippen LogP contribution in [0, 0.1) is 0 Å². The Kier molecular flexibility index (Phi) is 7.87. The second kappa shape index (κ2) is 12.8. The fourth-order valence-corrected chi connectivity index (χ4v) is 9.57. The fourth-order valence-electron chi connectivity index (χ4n) is 7.43. The number of anilines is 3. The highest BCUT2D eigenvalue weighted by Crippen LogP contribution is 2.49. The van der Waals surface area contributed by atoms with Crippen LogP contribution in [-0.4, -0.2) is 7.05 Å². The predicted molar refractivity (Wildman–Crippen MR) is 215 cm³/mol. The number of fused-ring (bicyclic) bond motifs is 6. The molecule has 0 amide bonds. The lowest BCUT2D eigenvalue weighted by atomic mass is 10.1. The normalized spacial score (nSPS) is 16.2. The third-order valence-electron chi connectivity index (χ3n) is 9.87. The molecule has 0 atom stereocenters. The maximum absolute atomic E-state index is 2.45. The molecule has 0 saturated carbocycles. The van der Waals surface area contributed by atoms with Gasteiger partial charge in [-0.15, -0.1) is 0 Å². The average Bonchev–Trinajstić information content (AvgIpc) is 3.83. The van der Waals surface area contributed by atoms with Crippen LogP contribution in [0.2, 0.25) is 0 Å². The Bertz CT molecular complexity index is 2500. The summed E-state index contributed by atoms with van der Waals surface area (Å²) < 4.78 is 3.66. The number of aromatic nitrogens is 1. The Labute approximate surface area is 301 Å². The SMILES string of the molecule is CN1/C(=C/C=C2\CCC(/C=C/c3sc4ccc5ccccc5c4[n+]3C)=C2N(c2ccccc2)c2ccccc2)Sc2ccc3ccccc3c21. The maximum Gasteiger partial charge on any atom is 0.262 e. The second-order valence-corrected chi connectivity index (χ2v) is 15.0. The molecular formula is C45H36N3S2+. The van der Waals surface area contributed by atoms with Crippen molar-refractivity contribution in [1.82, 2.24) is 0 Å². The van der Waals surface area contributed by atoms with Gasteiger partial charge in [0.05, 0.1) is 21.8 Å². The van der Waals surface area contributed by atoms with Crippen LogP contribution in [0.25, 0.3) is 37.8 Å². The molecule has 0 radical (unpaired) electrons. The van der Waals surface area contributed by atoms with Crippen LogP contribution in [0.3, 0.4) is 0 Å². The van der Waals surface area contributed by atoms with Gasteiger partial charge in [-0.1, -0.05) is 120 Å². The van der Waals surface area contributed by atoms with Gasteiger partial charge in [0.1, 0.15) is 11.7 Å². The fraction of sp³-hybridized carbons (Fsp3) is 0.0889. The van der Waals surface area contributed by atoms with Gasteiger partial charge >= 0.3 is 0 Å². The van der Waals surface area contributed by atoms with Crippen molar-refractivity contribution in [3.8, 4) is 0 Å². The summed E-state index contributed by atoms with van der Waals surface area (Å²) in [7, 11) is 4.40. The largest absolute Gasteiger partial charge is 0.338 e. The van der Waals surface area contributed by atoms with Crippen molar-refractivity contribution in [2.75, 3.05) is 16.8 Å². The molecule has 0 N–H and O–H groups in total. The molecule has 2 heterocycles. The van der Waals surface area contributed by atoms with E-state index in [1.807, 2.05) is 23.1 Å². The molecule has 50 heavy (non-hydrogen) atoms. The van der Waals surface area contributed by atoms with Gasteiger partial charge in [0.25, 0.3) is 5.01 Å². The van der Waals surface area contributed by atoms with Crippen LogP contribution in [0.4, 0.5) is 17.1 Å². The molecule has 1 aliphatic heterocycles. The van der Waals surface area contributed by atoms with Crippen LogP contribution >= 0.6 is 23.1 Å². The van der Waals surface area contributed by atoms with Crippen molar-refractivity contribution < 1.29 is 4.57 Å². The number of hydrogen-bond donors (Lipinski definition) is 0. The summed E-state index contributed by atoms with van der Waals surface area (Å²) >= 11 is 3.71. The molecule has 6 aromatic carbocycles. The van der Waals surface area contributed by atoms with Crippen molar-refractivity contribution in [3.05, 3.63) is 179 Å². The number of para-hydroxylation sites is 2. The summed E-state index contributed by atoms with van der Waals surface area (Å²) in [4.78, 5) is 6.11. The van der Waals surface area contributed by atoms with E-state index in [1.165, 1.54) is 69.2 Å². The van der Waals surface area contributed by atoms with E-state index in [2.05, 4.69) is 186 Å². The van der Waals surface area contributed by atoms with Crippen molar-refractivity contribution in [1.29, 1.82) is 0 Å². The lowest BCUT2D eigenvalue weighted by molar-refractivity contribution is -0.641. The average molecular weight is 683 g/mol. The molecule has 0 spiro atoms. The Hall–Kier alpha value is -5.36. The van der Waals surface area contributed by atoms with Crippen molar-refractivity contribution in [2.24, 2.45) is 7.05 Å². The summed E-state index contributed by atoms with van der Waals surface area (Å²) in [5, 5.41) is 7.62. The van der Waals surface area contributed by atoms with Gasteiger partial charge in [-0.2, -0.15) is 4.57 Å². The van der Waals surface area contributed by atoms with Crippen LogP contribution < -0.4 is 14.4 Å². The molecule has 9 rings (SSSR count). The van der Waals surface area contributed by atoms with Gasteiger partial charge in [-0.25, -0.2) is 0 Å². The molecular weight excluding hydrogens is 647 g/mol. The van der Waals surface area contributed by atoms with Crippen LogP contribution in [0.1, 0.15) is 17.8 Å². The van der Waals surface area contributed by atoms with Crippen LogP contribution in [-0.2, 0) is 7.05 Å². The molecule has 1 aromatic heterocycles. The number of thiazole rings is 1. The number of benzene rings is 6. The smallest absolute Gasteiger partial charge is 0.262 e. The Morgan fingerprint density at radius 1 is 0.660 bits per heavy atom. The molecule has 242 valence electrons. The van der Waals surface area contributed by atoms with E-state index in [0.717, 1.165) is 24.2 Å². The highest BCUT2D eigenvalue weighted by Gasteiger charge is 2.28. The number of rotatable bonds is 6. The molecule has 0 bridgehead atoms. The van der Waals surface area contributed by atoms with Crippen molar-refractivity contribution in [3.63, 3.8) is 0 Å². The van der Waals surface area contributed by atoms with Gasteiger partial charge in [-0.05, 0) is 89.4 Å². The van der Waals surface area contributed by atoms with Gasteiger partial charge < -0.3 is 9.80 Å². The third-order valence-corrected chi connectivity index (χ3v) is 12.2. The second-order valence-electron chi connectivity index (χ2n) is 12.8. The highest BCUT2D eigenvalue weighted by molar-refractivity contribution is 8.03.